The van der Waals surface area contributed by atoms with Crippen molar-refractivity contribution in [3.8, 4) is 0 Å². The summed E-state index contributed by atoms with van der Waals surface area (Å²) in [5.74, 6) is -2.41. The van der Waals surface area contributed by atoms with E-state index in [1.807, 2.05) is 163 Å². The molecule has 0 spiro atoms. The first-order valence-corrected chi connectivity index (χ1v) is 28.3. The minimum Gasteiger partial charge on any atom is -0.545 e. The van der Waals surface area contributed by atoms with Crippen molar-refractivity contribution in [1.29, 1.82) is 0 Å². The molecule has 0 saturated carbocycles. The molecule has 0 aliphatic heterocycles. The van der Waals surface area contributed by atoms with Crippen molar-refractivity contribution in [3.05, 3.63) is 191 Å². The third-order valence-electron chi connectivity index (χ3n) is 9.07. The van der Waals surface area contributed by atoms with Gasteiger partial charge in [-0.2, -0.15) is 0 Å². The Hall–Kier alpha value is -2.60. The normalized spacial score (nSPS) is 12.5. The van der Waals surface area contributed by atoms with Crippen LogP contribution >= 0.6 is 55.1 Å². The van der Waals surface area contributed by atoms with Crippen LogP contribution in [0.4, 0.5) is 0 Å². The van der Waals surface area contributed by atoms with Crippen LogP contribution in [-0.4, -0.2) is 42.3 Å². The second-order valence-electron chi connectivity index (χ2n) is 19.4. The summed E-state index contributed by atoms with van der Waals surface area (Å²) in [5, 5.41) is 25.2. The van der Waals surface area contributed by atoms with Gasteiger partial charge in [0.05, 0.1) is 11.9 Å². The number of hydrogen-bond acceptors (Lipinski definition) is 8. The molecule has 0 radical (unpaired) electrons. The van der Waals surface area contributed by atoms with Crippen LogP contribution in [0.15, 0.2) is 170 Å². The van der Waals surface area contributed by atoms with E-state index in [0.717, 1.165) is 21.2 Å². The van der Waals surface area contributed by atoms with Gasteiger partial charge in [-0.15, -0.1) is 0 Å². The molecule has 70 heavy (non-hydrogen) atoms. The standard InChI is InChI=1S/4C10H15OP.2C7H5ClO2.2Pd/c4*1-10(2,3)12(11)9-7-5-4-6-8-9;2*8-6-3-1-2-5(4-6)7(9)10;;/h2*4-8,12H,1-3H3;2*4-8,11H,1-3H3;2*1-4H,(H,9,10);;/q;;;;;;2*+2. The van der Waals surface area contributed by atoms with Crippen molar-refractivity contribution in [2.24, 2.45) is 0 Å². The first-order chi connectivity index (χ1) is 31.5. The molecular formula is C54H70Cl2O8P4Pd2+4. The summed E-state index contributed by atoms with van der Waals surface area (Å²) in [5.41, 5.74) is 0.208. The minimum absolute atomic E-state index is 0. The van der Waals surface area contributed by atoms with E-state index in [1.165, 1.54) is 24.3 Å². The van der Waals surface area contributed by atoms with Crippen LogP contribution in [0.5, 0.6) is 0 Å². The molecule has 16 heteroatoms. The van der Waals surface area contributed by atoms with Crippen LogP contribution in [0.25, 0.3) is 0 Å². The van der Waals surface area contributed by atoms with E-state index < -0.39 is 43.8 Å². The van der Waals surface area contributed by atoms with Gasteiger partial charge in [0.25, 0.3) is 0 Å². The van der Waals surface area contributed by atoms with E-state index >= 15 is 0 Å². The van der Waals surface area contributed by atoms with Crippen LogP contribution in [0.3, 0.4) is 0 Å². The molecule has 6 rings (SSSR count). The average molecular weight is 1250 g/mol. The second-order valence-corrected chi connectivity index (χ2v) is 31.3. The predicted octanol–water partition coefficient (Wildman–Crippen LogP) is 11.2. The van der Waals surface area contributed by atoms with E-state index in [4.69, 9.17) is 23.2 Å². The van der Waals surface area contributed by atoms with Gasteiger partial charge >= 0.3 is 40.8 Å². The van der Waals surface area contributed by atoms with Gasteiger partial charge in [-0.25, -0.2) is 9.79 Å². The van der Waals surface area contributed by atoms with Crippen LogP contribution in [0.2, 0.25) is 10.0 Å². The quantitative estimate of drug-likeness (QED) is 0.123. The van der Waals surface area contributed by atoms with Gasteiger partial charge in [0.2, 0.25) is 0 Å². The molecule has 0 aromatic heterocycles. The first kappa shape index (κ1) is 69.5. The Bertz CT molecular complexity index is 2270. The smallest absolute Gasteiger partial charge is 0.545 e. The van der Waals surface area contributed by atoms with E-state index in [1.54, 1.807) is 24.3 Å². The molecule has 6 aromatic rings. The Morgan fingerprint density at radius 3 is 0.857 bits per heavy atom. The van der Waals surface area contributed by atoms with Gasteiger partial charge < -0.3 is 28.9 Å². The Morgan fingerprint density at radius 1 is 0.429 bits per heavy atom. The SMILES string of the molecule is CC(C)(C)[P@@H](=O)c1ccccc1.CC(C)(C)[P@@H](=O)c1ccccc1.CC(C)(C)[PH+](O)c1ccccc1.CC(C)(C)[PH+](O)c1ccccc1.O=C([O-])c1cccc(Cl)c1.O=C([O-])c1cccc(Cl)c1.[Pd+2].[Pd+2]. The molecule has 384 valence electrons. The number of halogens is 2. The molecule has 6 aromatic carbocycles. The van der Waals surface area contributed by atoms with Gasteiger partial charge in [0.15, 0.2) is 16.3 Å². The number of aromatic carboxylic acids is 2. The molecule has 0 saturated heterocycles. The third-order valence-corrected chi connectivity index (χ3v) is 18.6. The number of carboxylic acids is 2. The Balaban J connectivity index is 0. The largest absolute Gasteiger partial charge is 2.00 e. The number of carboxylic acid groups (broad SMARTS) is 2. The zero-order valence-electron chi connectivity index (χ0n) is 41.9. The third kappa shape index (κ3) is 28.6. The molecule has 2 N–H and O–H groups in total. The molecular weight excluding hydrogens is 1180 g/mol. The van der Waals surface area contributed by atoms with Gasteiger partial charge in [0.1, 0.15) is 36.5 Å². The van der Waals surface area contributed by atoms with Crippen molar-refractivity contribution in [2.75, 3.05) is 0 Å². The van der Waals surface area contributed by atoms with Crippen LogP contribution in [-0.2, 0) is 50.0 Å². The Labute approximate surface area is 459 Å². The summed E-state index contributed by atoms with van der Waals surface area (Å²) in [7, 11) is -6.03. The summed E-state index contributed by atoms with van der Waals surface area (Å²) in [6.07, 6.45) is 0. The monoisotopic (exact) mass is 1250 g/mol. The zero-order chi connectivity index (χ0) is 51.9. The molecule has 0 fully saturated rings. The summed E-state index contributed by atoms with van der Waals surface area (Å²) in [6.45, 7) is 24.6. The number of benzene rings is 6. The fourth-order valence-electron chi connectivity index (χ4n) is 5.33. The molecule has 0 aliphatic carbocycles. The van der Waals surface area contributed by atoms with Crippen LogP contribution in [0, 0.1) is 0 Å². The fraction of sp³-hybridized carbons (Fsp3) is 0.296. The zero-order valence-corrected chi connectivity index (χ0v) is 50.5. The van der Waals surface area contributed by atoms with E-state index in [0.29, 0.717) is 10.0 Å². The van der Waals surface area contributed by atoms with Crippen LogP contribution < -0.4 is 31.4 Å². The van der Waals surface area contributed by atoms with Crippen molar-refractivity contribution in [2.45, 2.75) is 104 Å². The molecule has 2 unspecified atom stereocenters. The number of rotatable bonds is 6. The summed E-state index contributed by atoms with van der Waals surface area (Å²) < 4.78 is 23.7. The summed E-state index contributed by atoms with van der Waals surface area (Å²) in [6, 6.07) is 51.1. The number of hydrogen-bond donors (Lipinski definition) is 2. The topological polar surface area (TPSA) is 155 Å². The maximum absolute atomic E-state index is 11.9. The van der Waals surface area contributed by atoms with Gasteiger partial charge in [0, 0.05) is 31.0 Å². The van der Waals surface area contributed by atoms with E-state index in [9.17, 15) is 38.7 Å². The van der Waals surface area contributed by atoms with E-state index in [-0.39, 0.29) is 72.6 Å². The second kappa shape index (κ2) is 34.0. The van der Waals surface area contributed by atoms with E-state index in [2.05, 4.69) is 41.5 Å². The van der Waals surface area contributed by atoms with Crippen molar-refractivity contribution in [3.63, 3.8) is 0 Å². The van der Waals surface area contributed by atoms with Gasteiger partial charge in [-0.05, 0) is 101 Å². The van der Waals surface area contributed by atoms with Crippen LogP contribution in [0.1, 0.15) is 104 Å². The molecule has 0 heterocycles. The predicted molar refractivity (Wildman–Crippen MR) is 294 cm³/mol. The molecule has 0 bridgehead atoms. The Morgan fingerprint density at radius 2 is 0.671 bits per heavy atom. The fourth-order valence-corrected chi connectivity index (χ4v) is 11.2. The molecule has 4 atom stereocenters. The van der Waals surface area contributed by atoms with Crippen molar-refractivity contribution >= 4 is 88.3 Å². The first-order valence-electron chi connectivity index (χ1n) is 21.8. The van der Waals surface area contributed by atoms with Gasteiger partial charge in [-0.1, -0.05) is 186 Å². The summed E-state index contributed by atoms with van der Waals surface area (Å²) in [4.78, 5) is 40.3. The molecule has 8 nitrogen and oxygen atoms in total. The maximum atomic E-state index is 11.9. The maximum Gasteiger partial charge on any atom is 2.00 e. The molecule has 0 aliphatic rings. The van der Waals surface area contributed by atoms with Gasteiger partial charge in [-0.3, -0.25) is 0 Å². The number of carbonyl (C=O) groups is 2. The van der Waals surface area contributed by atoms with Crippen molar-refractivity contribution < 1.29 is 79.6 Å². The minimum atomic E-state index is -1.63. The number of carbonyl (C=O) groups excluding carboxylic acids is 2. The molecule has 0 amide bonds. The van der Waals surface area contributed by atoms with Crippen molar-refractivity contribution in [1.82, 2.24) is 0 Å². The summed E-state index contributed by atoms with van der Waals surface area (Å²) >= 11 is 11.0. The average Bonchev–Trinajstić information content (AvgIpc) is 3.29. The Kier molecular flexibility index (Phi) is 33.7.